The number of unbranched alkanes of at least 4 members (excludes halogenated alkanes) is 10. The molecule has 198 valence electrons. The van der Waals surface area contributed by atoms with E-state index >= 15 is 0 Å². The molecule has 1 N–H and O–H groups in total. The van der Waals surface area contributed by atoms with Crippen molar-refractivity contribution in [1.29, 1.82) is 0 Å². The molecule has 0 aliphatic heterocycles. The van der Waals surface area contributed by atoms with E-state index in [9.17, 15) is 14.7 Å². The lowest BCUT2D eigenvalue weighted by Gasteiger charge is -2.14. The highest BCUT2D eigenvalue weighted by Crippen LogP contribution is 2.23. The minimum Gasteiger partial charge on any atom is -0.508 e. The van der Waals surface area contributed by atoms with Gasteiger partial charge in [0.1, 0.15) is 12.4 Å². The van der Waals surface area contributed by atoms with Crippen LogP contribution in [0.4, 0.5) is 0 Å². The number of phenols is 1. The molecular formula is C31H44O5. The number of carbonyl (C=O) groups is 2. The van der Waals surface area contributed by atoms with Crippen LogP contribution in [0.2, 0.25) is 0 Å². The Kier molecular flexibility index (Phi) is 14.4. The van der Waals surface area contributed by atoms with Crippen LogP contribution < -0.4 is 0 Å². The lowest BCUT2D eigenvalue weighted by atomic mass is 9.96. The summed E-state index contributed by atoms with van der Waals surface area (Å²) in [5, 5.41) is 9.98. The van der Waals surface area contributed by atoms with Crippen molar-refractivity contribution in [3.63, 3.8) is 0 Å². The molecule has 0 spiro atoms. The molecule has 0 amide bonds. The number of aryl methyl sites for hydroxylation is 1. The molecule has 5 heteroatoms. The van der Waals surface area contributed by atoms with E-state index in [1.807, 2.05) is 6.07 Å². The Morgan fingerprint density at radius 1 is 0.667 bits per heavy atom. The number of phenolic OH excluding ortho intramolecular Hbond substituents is 1. The third kappa shape index (κ3) is 10.4. The van der Waals surface area contributed by atoms with E-state index in [4.69, 9.17) is 9.47 Å². The summed E-state index contributed by atoms with van der Waals surface area (Å²) in [6.07, 6.45) is 14.3. The highest BCUT2D eigenvalue weighted by Gasteiger charge is 2.23. The summed E-state index contributed by atoms with van der Waals surface area (Å²) in [5.74, 6) is -0.977. The van der Waals surface area contributed by atoms with Crippen molar-refractivity contribution in [2.75, 3.05) is 6.61 Å². The normalized spacial score (nSPS) is 10.8. The first-order valence-electron chi connectivity index (χ1n) is 13.8. The molecule has 0 aromatic heterocycles. The lowest BCUT2D eigenvalue weighted by molar-refractivity contribution is 0.0433. The van der Waals surface area contributed by atoms with Crippen molar-refractivity contribution < 1.29 is 24.2 Å². The van der Waals surface area contributed by atoms with Gasteiger partial charge in [-0.25, -0.2) is 9.59 Å². The number of rotatable bonds is 18. The van der Waals surface area contributed by atoms with Gasteiger partial charge in [-0.2, -0.15) is 0 Å². The summed E-state index contributed by atoms with van der Waals surface area (Å²) >= 11 is 0. The van der Waals surface area contributed by atoms with Crippen molar-refractivity contribution in [3.05, 3.63) is 64.7 Å². The van der Waals surface area contributed by atoms with Crippen molar-refractivity contribution in [1.82, 2.24) is 0 Å². The van der Waals surface area contributed by atoms with E-state index in [2.05, 4.69) is 13.8 Å². The van der Waals surface area contributed by atoms with E-state index in [1.54, 1.807) is 36.4 Å². The van der Waals surface area contributed by atoms with Crippen LogP contribution in [0.15, 0.2) is 42.5 Å². The molecule has 0 radical (unpaired) electrons. The van der Waals surface area contributed by atoms with Crippen molar-refractivity contribution in [2.45, 2.75) is 104 Å². The molecule has 0 saturated carbocycles. The lowest BCUT2D eigenvalue weighted by Crippen LogP contribution is -2.17. The predicted octanol–water partition coefficient (Wildman–Crippen LogP) is 8.17. The summed E-state index contributed by atoms with van der Waals surface area (Å²) in [4.78, 5) is 26.2. The fraction of sp³-hybridized carbons (Fsp3) is 0.548. The fourth-order valence-corrected chi connectivity index (χ4v) is 4.29. The zero-order chi connectivity index (χ0) is 26.0. The minimum atomic E-state index is -0.588. The maximum Gasteiger partial charge on any atom is 0.339 e. The summed E-state index contributed by atoms with van der Waals surface area (Å²) < 4.78 is 11.1. The number of para-hydroxylation sites is 1. The highest BCUT2D eigenvalue weighted by molar-refractivity contribution is 6.04. The van der Waals surface area contributed by atoms with Gasteiger partial charge in [0, 0.05) is 5.56 Å². The standard InChI is InChI=1S/C31H44O5/c1-3-5-7-9-11-13-18-25-20-17-21-27(30(33)36-24-26-19-14-15-22-28(26)32)29(25)31(34)35-23-16-12-10-8-6-4-2/h14-15,17,19-22,32H,3-13,16,18,23-24H2,1-2H3. The first-order chi connectivity index (χ1) is 17.6. The van der Waals surface area contributed by atoms with Gasteiger partial charge in [0.25, 0.3) is 0 Å². The van der Waals surface area contributed by atoms with Gasteiger partial charge in [-0.1, -0.05) is 108 Å². The molecule has 0 bridgehead atoms. The van der Waals surface area contributed by atoms with Crippen molar-refractivity contribution >= 4 is 11.9 Å². The molecule has 0 atom stereocenters. The monoisotopic (exact) mass is 496 g/mol. The number of ether oxygens (including phenoxy) is 2. The van der Waals surface area contributed by atoms with E-state index in [1.165, 1.54) is 44.9 Å². The van der Waals surface area contributed by atoms with Crippen LogP contribution in [0, 0.1) is 0 Å². The number of hydrogen-bond acceptors (Lipinski definition) is 5. The van der Waals surface area contributed by atoms with E-state index < -0.39 is 11.9 Å². The van der Waals surface area contributed by atoms with E-state index in [0.29, 0.717) is 24.2 Å². The second-order valence-corrected chi connectivity index (χ2v) is 9.47. The van der Waals surface area contributed by atoms with Gasteiger partial charge in [-0.15, -0.1) is 0 Å². The fourth-order valence-electron chi connectivity index (χ4n) is 4.29. The van der Waals surface area contributed by atoms with Gasteiger partial charge >= 0.3 is 11.9 Å². The third-order valence-corrected chi connectivity index (χ3v) is 6.46. The van der Waals surface area contributed by atoms with Crippen LogP contribution >= 0.6 is 0 Å². The molecule has 0 fully saturated rings. The Morgan fingerprint density at radius 2 is 1.28 bits per heavy atom. The van der Waals surface area contributed by atoms with Crippen LogP contribution in [0.3, 0.4) is 0 Å². The van der Waals surface area contributed by atoms with Crippen molar-refractivity contribution in [2.24, 2.45) is 0 Å². The van der Waals surface area contributed by atoms with Gasteiger partial charge in [0.15, 0.2) is 0 Å². The first-order valence-corrected chi connectivity index (χ1v) is 13.8. The van der Waals surface area contributed by atoms with Gasteiger partial charge < -0.3 is 14.6 Å². The summed E-state index contributed by atoms with van der Waals surface area (Å²) in [5.41, 5.74) is 1.89. The largest absolute Gasteiger partial charge is 0.508 e. The third-order valence-electron chi connectivity index (χ3n) is 6.46. The molecular weight excluding hydrogens is 452 g/mol. The predicted molar refractivity (Wildman–Crippen MR) is 144 cm³/mol. The Balaban J connectivity index is 2.07. The van der Waals surface area contributed by atoms with E-state index in [-0.39, 0.29) is 17.9 Å². The molecule has 0 heterocycles. The first kappa shape index (κ1) is 29.4. The molecule has 0 aliphatic rings. The van der Waals surface area contributed by atoms with Gasteiger partial charge in [-0.05, 0) is 37.0 Å². The summed E-state index contributed by atoms with van der Waals surface area (Å²) in [7, 11) is 0. The highest BCUT2D eigenvalue weighted by atomic mass is 16.5. The molecule has 0 unspecified atom stereocenters. The second-order valence-electron chi connectivity index (χ2n) is 9.47. The Morgan fingerprint density at radius 3 is 1.97 bits per heavy atom. The van der Waals surface area contributed by atoms with Crippen LogP contribution in [-0.2, 0) is 22.5 Å². The molecule has 2 aromatic rings. The second kappa shape index (κ2) is 17.6. The molecule has 36 heavy (non-hydrogen) atoms. The number of esters is 2. The maximum absolute atomic E-state index is 13.2. The quantitative estimate of drug-likeness (QED) is 0.166. The number of hydrogen-bond donors (Lipinski definition) is 1. The van der Waals surface area contributed by atoms with Crippen molar-refractivity contribution in [3.8, 4) is 5.75 Å². The van der Waals surface area contributed by atoms with Crippen LogP contribution in [0.25, 0.3) is 0 Å². The Hall–Kier alpha value is -2.82. The Labute approximate surface area is 217 Å². The molecule has 2 aromatic carbocycles. The molecule has 2 rings (SSSR count). The van der Waals surface area contributed by atoms with Crippen LogP contribution in [0.5, 0.6) is 5.75 Å². The molecule has 0 aliphatic carbocycles. The minimum absolute atomic E-state index is 0.0700. The summed E-state index contributed by atoms with van der Waals surface area (Å²) in [6.45, 7) is 4.67. The van der Waals surface area contributed by atoms with Gasteiger partial charge in [0.2, 0.25) is 0 Å². The topological polar surface area (TPSA) is 72.8 Å². The Bertz CT molecular complexity index is 921. The molecule has 0 saturated heterocycles. The summed E-state index contributed by atoms with van der Waals surface area (Å²) in [6, 6.07) is 12.1. The van der Waals surface area contributed by atoms with Gasteiger partial charge in [0.05, 0.1) is 17.7 Å². The smallest absolute Gasteiger partial charge is 0.339 e. The zero-order valence-corrected chi connectivity index (χ0v) is 22.2. The zero-order valence-electron chi connectivity index (χ0n) is 22.2. The average Bonchev–Trinajstić information content (AvgIpc) is 2.89. The van der Waals surface area contributed by atoms with Gasteiger partial charge in [-0.3, -0.25) is 0 Å². The SMILES string of the molecule is CCCCCCCCOC(=O)c1c(CCCCCCCC)cccc1C(=O)OCc1ccccc1O. The van der Waals surface area contributed by atoms with E-state index in [0.717, 1.165) is 37.7 Å². The van der Waals surface area contributed by atoms with Crippen LogP contribution in [-0.4, -0.2) is 23.7 Å². The number of aromatic hydroxyl groups is 1. The maximum atomic E-state index is 13.2. The molecule has 5 nitrogen and oxygen atoms in total. The number of benzene rings is 2. The number of carbonyl (C=O) groups excluding carboxylic acids is 2. The van der Waals surface area contributed by atoms with Crippen LogP contribution in [0.1, 0.15) is 123 Å². The average molecular weight is 497 g/mol.